The summed E-state index contributed by atoms with van der Waals surface area (Å²) >= 11 is 0. The van der Waals surface area contributed by atoms with Crippen molar-refractivity contribution in [2.45, 2.75) is 20.3 Å². The van der Waals surface area contributed by atoms with Crippen LogP contribution in [0.25, 0.3) is 0 Å². The second kappa shape index (κ2) is 3.21. The Morgan fingerprint density at radius 1 is 1.56 bits per heavy atom. The van der Waals surface area contributed by atoms with Crippen molar-refractivity contribution in [2.75, 3.05) is 0 Å². The highest BCUT2D eigenvalue weighted by molar-refractivity contribution is 5.54. The van der Waals surface area contributed by atoms with Gasteiger partial charge >= 0.3 is 0 Å². The van der Waals surface area contributed by atoms with Crippen LogP contribution in [0.1, 0.15) is 20.3 Å². The van der Waals surface area contributed by atoms with E-state index in [2.05, 4.69) is 0 Å². The molecular weight excluding hydrogens is 116 g/mol. The lowest BCUT2D eigenvalue weighted by Gasteiger charge is -2.12. The van der Waals surface area contributed by atoms with E-state index in [1.54, 1.807) is 5.94 Å². The van der Waals surface area contributed by atoms with E-state index in [4.69, 9.17) is 0 Å². The molecule has 0 heterocycles. The topological polar surface area (TPSA) is 34.1 Å². The van der Waals surface area contributed by atoms with Crippen molar-refractivity contribution in [3.8, 4) is 0 Å². The van der Waals surface area contributed by atoms with Gasteiger partial charge in [-0.3, -0.25) is 0 Å². The molecule has 0 atom stereocenters. The minimum Gasteiger partial charge on any atom is -0.303 e. The van der Waals surface area contributed by atoms with Gasteiger partial charge in [0.1, 0.15) is 12.2 Å². The highest BCUT2D eigenvalue weighted by atomic mass is 16.1. The van der Waals surface area contributed by atoms with E-state index in [0.29, 0.717) is 6.42 Å². The van der Waals surface area contributed by atoms with E-state index in [0.717, 1.165) is 6.29 Å². The van der Waals surface area contributed by atoms with Gasteiger partial charge in [-0.15, -0.1) is 0 Å². The van der Waals surface area contributed by atoms with E-state index in [-0.39, 0.29) is 5.41 Å². The van der Waals surface area contributed by atoms with Gasteiger partial charge in [-0.2, -0.15) is 0 Å². The minimum atomic E-state index is -0.316. The van der Waals surface area contributed by atoms with Crippen LogP contribution in [0.5, 0.6) is 0 Å². The van der Waals surface area contributed by atoms with Crippen LogP contribution < -0.4 is 0 Å². The first-order valence-corrected chi connectivity index (χ1v) is 2.78. The normalized spacial score (nSPS) is 10.0. The number of carbonyl (C=O) groups excluding carboxylic acids is 2. The Bertz CT molecular complexity index is 141. The fourth-order valence-corrected chi connectivity index (χ4v) is 0.433. The lowest BCUT2D eigenvalue weighted by Crippen LogP contribution is -2.07. The summed E-state index contributed by atoms with van der Waals surface area (Å²) in [5, 5.41) is 0. The number of carbonyl (C=O) groups is 1. The van der Waals surface area contributed by atoms with Gasteiger partial charge in [-0.25, -0.2) is 4.79 Å². The molecule has 0 aliphatic carbocycles. The molecule has 0 saturated heterocycles. The first kappa shape index (κ1) is 8.12. The van der Waals surface area contributed by atoms with Gasteiger partial charge in [0.15, 0.2) is 0 Å². The maximum Gasteiger partial charge on any atom is 0.120 e. The van der Waals surface area contributed by atoms with Crippen LogP contribution in [0.15, 0.2) is 6.08 Å². The fourth-order valence-electron chi connectivity index (χ4n) is 0.433. The molecule has 0 aliphatic rings. The molecule has 0 radical (unpaired) electrons. The predicted octanol–water partition coefficient (Wildman–Crippen LogP) is 0.989. The number of rotatable bonds is 3. The van der Waals surface area contributed by atoms with Crippen molar-refractivity contribution in [2.24, 2.45) is 5.41 Å². The quantitative estimate of drug-likeness (QED) is 0.417. The molecule has 50 valence electrons. The Labute approximate surface area is 54.6 Å². The van der Waals surface area contributed by atoms with Gasteiger partial charge in [0.25, 0.3) is 0 Å². The van der Waals surface area contributed by atoms with Crippen LogP contribution in [-0.2, 0) is 9.59 Å². The lowest BCUT2D eigenvalue weighted by molar-refractivity contribution is -0.109. The molecule has 0 aromatic rings. The summed E-state index contributed by atoms with van der Waals surface area (Å²) in [7, 11) is 0. The highest BCUT2D eigenvalue weighted by Gasteiger charge is 2.12. The Hall–Kier alpha value is -0.880. The zero-order valence-corrected chi connectivity index (χ0v) is 5.68. The Kier molecular flexibility index (Phi) is 2.89. The van der Waals surface area contributed by atoms with E-state index >= 15 is 0 Å². The molecule has 0 amide bonds. The van der Waals surface area contributed by atoms with Crippen LogP contribution in [0.3, 0.4) is 0 Å². The molecule has 0 N–H and O–H groups in total. The van der Waals surface area contributed by atoms with Gasteiger partial charge in [-0.05, 0) is 5.41 Å². The van der Waals surface area contributed by atoms with E-state index in [1.165, 1.54) is 6.08 Å². The number of allylic oxidation sites excluding steroid dienone is 1. The smallest absolute Gasteiger partial charge is 0.120 e. The molecule has 0 aromatic carbocycles. The molecule has 0 aromatic heterocycles. The maximum atomic E-state index is 9.95. The molecule has 0 spiro atoms. The first-order chi connectivity index (χ1) is 4.12. The summed E-state index contributed by atoms with van der Waals surface area (Å²) in [6.45, 7) is 3.62. The minimum absolute atomic E-state index is 0.316. The van der Waals surface area contributed by atoms with Crippen molar-refractivity contribution in [3.05, 3.63) is 6.08 Å². The third-order valence-corrected chi connectivity index (χ3v) is 1.06. The van der Waals surface area contributed by atoms with Crippen molar-refractivity contribution in [1.82, 2.24) is 0 Å². The Morgan fingerprint density at radius 2 is 2.11 bits per heavy atom. The maximum absolute atomic E-state index is 9.95. The van der Waals surface area contributed by atoms with Crippen LogP contribution >= 0.6 is 0 Å². The second-order valence-corrected chi connectivity index (χ2v) is 2.62. The first-order valence-electron chi connectivity index (χ1n) is 2.78. The second-order valence-electron chi connectivity index (χ2n) is 2.62. The molecule has 2 nitrogen and oxygen atoms in total. The number of aldehydes is 1. The summed E-state index contributed by atoms with van der Waals surface area (Å²) in [6.07, 6.45) is 2.54. The van der Waals surface area contributed by atoms with Crippen molar-refractivity contribution >= 4 is 12.2 Å². The molecule has 0 unspecified atom stereocenters. The Morgan fingerprint density at radius 3 is 2.44 bits per heavy atom. The predicted molar refractivity (Wildman–Crippen MR) is 34.7 cm³/mol. The number of hydrogen-bond acceptors (Lipinski definition) is 2. The van der Waals surface area contributed by atoms with E-state index < -0.39 is 0 Å². The average Bonchev–Trinajstić information content (AvgIpc) is 1.64. The molecule has 2 heteroatoms. The third-order valence-electron chi connectivity index (χ3n) is 1.06. The van der Waals surface area contributed by atoms with Gasteiger partial charge in [0.05, 0.1) is 0 Å². The van der Waals surface area contributed by atoms with Crippen LogP contribution in [0, 0.1) is 5.41 Å². The molecule has 0 rings (SSSR count). The molecule has 0 bridgehead atoms. The Balaban J connectivity index is 3.99. The summed E-state index contributed by atoms with van der Waals surface area (Å²) in [6, 6.07) is 0. The SMILES string of the molecule is CC(C)(C=C=O)CC=O. The monoisotopic (exact) mass is 126 g/mol. The van der Waals surface area contributed by atoms with E-state index in [1.807, 2.05) is 13.8 Å². The third kappa shape index (κ3) is 3.68. The molecule has 0 aliphatic heterocycles. The van der Waals surface area contributed by atoms with Gasteiger partial charge in [0.2, 0.25) is 0 Å². The summed E-state index contributed by atoms with van der Waals surface area (Å²) in [4.78, 5) is 19.7. The largest absolute Gasteiger partial charge is 0.303 e. The van der Waals surface area contributed by atoms with Crippen LogP contribution in [-0.4, -0.2) is 12.2 Å². The summed E-state index contributed by atoms with van der Waals surface area (Å²) in [5.41, 5.74) is -0.316. The average molecular weight is 126 g/mol. The summed E-state index contributed by atoms with van der Waals surface area (Å²) in [5.74, 6) is 1.66. The highest BCUT2D eigenvalue weighted by Crippen LogP contribution is 2.18. The molecule has 0 saturated carbocycles. The van der Waals surface area contributed by atoms with Gasteiger partial charge in [0, 0.05) is 12.5 Å². The van der Waals surface area contributed by atoms with Crippen molar-refractivity contribution < 1.29 is 9.59 Å². The van der Waals surface area contributed by atoms with Crippen LogP contribution in [0.2, 0.25) is 0 Å². The fraction of sp³-hybridized carbons (Fsp3) is 0.571. The molecule has 9 heavy (non-hydrogen) atoms. The molecule has 0 fully saturated rings. The van der Waals surface area contributed by atoms with Crippen molar-refractivity contribution in [1.29, 1.82) is 0 Å². The van der Waals surface area contributed by atoms with Crippen LogP contribution in [0.4, 0.5) is 0 Å². The van der Waals surface area contributed by atoms with E-state index in [9.17, 15) is 9.59 Å². The van der Waals surface area contributed by atoms with Crippen molar-refractivity contribution in [3.63, 3.8) is 0 Å². The zero-order chi connectivity index (χ0) is 7.33. The lowest BCUT2D eigenvalue weighted by atomic mass is 9.91. The standard InChI is InChI=1S/C7H10O2/c1-7(2,3-5-8)4-6-9/h3,6H,4H2,1-2H3. The summed E-state index contributed by atoms with van der Waals surface area (Å²) < 4.78 is 0. The van der Waals surface area contributed by atoms with Gasteiger partial charge < -0.3 is 4.79 Å². The van der Waals surface area contributed by atoms with Gasteiger partial charge in [-0.1, -0.05) is 13.8 Å². The molecular formula is C7H10O2. The number of hydrogen-bond donors (Lipinski definition) is 0. The zero-order valence-electron chi connectivity index (χ0n) is 5.68.